The maximum atomic E-state index is 11.0. The molecular weight excluding hydrogens is 272 g/mol. The van der Waals surface area contributed by atoms with E-state index in [9.17, 15) is 9.90 Å². The number of rotatable bonds is 5. The number of β-amino-alcohol motifs (C(OH)–C–C–N with tert-alkyl or cyclic N) is 1. The summed E-state index contributed by atoms with van der Waals surface area (Å²) < 4.78 is 5.51. The summed E-state index contributed by atoms with van der Waals surface area (Å²) in [5.41, 5.74) is -0.429. The van der Waals surface area contributed by atoms with E-state index in [4.69, 9.17) is 9.52 Å². The molecule has 0 aliphatic carbocycles. The second-order valence-corrected chi connectivity index (χ2v) is 6.35. The van der Waals surface area contributed by atoms with Gasteiger partial charge in [0.25, 0.3) is 0 Å². The monoisotopic (exact) mass is 296 g/mol. The lowest BCUT2D eigenvalue weighted by molar-refractivity contribution is 0.0158. The zero-order chi connectivity index (χ0) is 15.6. The van der Waals surface area contributed by atoms with Crippen LogP contribution >= 0.6 is 0 Å². The fraction of sp³-hybridized carbons (Fsp3) is 0.667. The highest BCUT2D eigenvalue weighted by atomic mass is 16.4. The Balaban J connectivity index is 1.86. The molecule has 0 unspecified atom stereocenters. The summed E-state index contributed by atoms with van der Waals surface area (Å²) in [6, 6.07) is 1.61. The van der Waals surface area contributed by atoms with Crippen LogP contribution in [0.4, 0.5) is 0 Å². The van der Waals surface area contributed by atoms with Crippen LogP contribution in [-0.4, -0.2) is 64.3 Å². The second-order valence-electron chi connectivity index (χ2n) is 6.35. The van der Waals surface area contributed by atoms with Crippen molar-refractivity contribution in [3.8, 4) is 0 Å². The summed E-state index contributed by atoms with van der Waals surface area (Å²) in [6.07, 6.45) is 0. The van der Waals surface area contributed by atoms with E-state index in [-0.39, 0.29) is 5.56 Å². The van der Waals surface area contributed by atoms with E-state index in [1.54, 1.807) is 13.0 Å². The van der Waals surface area contributed by atoms with Crippen LogP contribution in [0.1, 0.15) is 35.7 Å². The fourth-order valence-electron chi connectivity index (χ4n) is 2.71. The van der Waals surface area contributed by atoms with Crippen molar-refractivity contribution >= 4 is 5.97 Å². The van der Waals surface area contributed by atoms with Gasteiger partial charge in [0.05, 0.1) is 12.1 Å². The lowest BCUT2D eigenvalue weighted by Crippen LogP contribution is -2.50. The normalized spacial score (nSPS) is 18.1. The van der Waals surface area contributed by atoms with Gasteiger partial charge in [0.1, 0.15) is 17.1 Å². The molecule has 0 atom stereocenters. The van der Waals surface area contributed by atoms with Gasteiger partial charge in [0.2, 0.25) is 0 Å². The van der Waals surface area contributed by atoms with Gasteiger partial charge in [-0.1, -0.05) is 0 Å². The number of piperazine rings is 1. The predicted octanol–water partition coefficient (Wildman–Crippen LogP) is 1.17. The van der Waals surface area contributed by atoms with Gasteiger partial charge in [-0.05, 0) is 26.8 Å². The standard InChI is InChI=1S/C15H24N2O4/c1-11-13(14(18)19)8-12(21-11)9-16-4-6-17(7-5-16)10-15(2,3)20/h8,20H,4-7,9-10H2,1-3H3,(H,18,19). The molecule has 0 radical (unpaired) electrons. The molecule has 1 saturated heterocycles. The molecule has 118 valence electrons. The molecule has 2 heterocycles. The topological polar surface area (TPSA) is 77.2 Å². The Morgan fingerprint density at radius 1 is 1.29 bits per heavy atom. The molecule has 1 aliphatic heterocycles. The van der Waals surface area contributed by atoms with Gasteiger partial charge < -0.3 is 14.6 Å². The van der Waals surface area contributed by atoms with Crippen molar-refractivity contribution in [2.24, 2.45) is 0 Å². The largest absolute Gasteiger partial charge is 0.478 e. The molecule has 2 N–H and O–H groups in total. The Morgan fingerprint density at radius 3 is 2.33 bits per heavy atom. The first-order chi connectivity index (χ1) is 9.74. The van der Waals surface area contributed by atoms with Gasteiger partial charge in [0.15, 0.2) is 0 Å². The first-order valence-corrected chi connectivity index (χ1v) is 7.24. The highest BCUT2D eigenvalue weighted by Crippen LogP contribution is 2.17. The van der Waals surface area contributed by atoms with Crippen LogP contribution in [0.15, 0.2) is 10.5 Å². The van der Waals surface area contributed by atoms with E-state index in [1.807, 2.05) is 13.8 Å². The minimum absolute atomic E-state index is 0.241. The number of furan rings is 1. The van der Waals surface area contributed by atoms with E-state index < -0.39 is 11.6 Å². The van der Waals surface area contributed by atoms with Crippen LogP contribution in [-0.2, 0) is 6.54 Å². The quantitative estimate of drug-likeness (QED) is 0.849. The average molecular weight is 296 g/mol. The lowest BCUT2D eigenvalue weighted by atomic mass is 10.1. The summed E-state index contributed by atoms with van der Waals surface area (Å²) >= 11 is 0. The zero-order valence-electron chi connectivity index (χ0n) is 12.9. The summed E-state index contributed by atoms with van der Waals surface area (Å²) in [6.45, 7) is 10.2. The number of hydrogen-bond acceptors (Lipinski definition) is 5. The van der Waals surface area contributed by atoms with Gasteiger partial charge in [-0.2, -0.15) is 0 Å². The van der Waals surface area contributed by atoms with Crippen LogP contribution in [0.5, 0.6) is 0 Å². The first-order valence-electron chi connectivity index (χ1n) is 7.24. The van der Waals surface area contributed by atoms with Crippen molar-refractivity contribution in [1.82, 2.24) is 9.80 Å². The van der Waals surface area contributed by atoms with Crippen molar-refractivity contribution in [2.75, 3.05) is 32.7 Å². The third kappa shape index (κ3) is 4.56. The number of carboxylic acid groups (broad SMARTS) is 1. The van der Waals surface area contributed by atoms with E-state index >= 15 is 0 Å². The molecule has 1 aromatic heterocycles. The van der Waals surface area contributed by atoms with E-state index in [1.165, 1.54) is 0 Å². The van der Waals surface area contributed by atoms with Crippen molar-refractivity contribution in [3.05, 3.63) is 23.2 Å². The second kappa shape index (κ2) is 6.17. The summed E-state index contributed by atoms with van der Waals surface area (Å²) in [5.74, 6) is 0.205. The Labute approximate surface area is 125 Å². The number of hydrogen-bond donors (Lipinski definition) is 2. The highest BCUT2D eigenvalue weighted by molar-refractivity contribution is 5.88. The lowest BCUT2D eigenvalue weighted by Gasteiger charge is -2.36. The van der Waals surface area contributed by atoms with Gasteiger partial charge >= 0.3 is 5.97 Å². The molecule has 1 fully saturated rings. The molecular formula is C15H24N2O4. The highest BCUT2D eigenvalue weighted by Gasteiger charge is 2.23. The molecule has 2 rings (SSSR count). The molecule has 21 heavy (non-hydrogen) atoms. The van der Waals surface area contributed by atoms with Crippen molar-refractivity contribution in [1.29, 1.82) is 0 Å². The Hall–Kier alpha value is -1.37. The number of carbonyl (C=O) groups is 1. The summed E-state index contributed by atoms with van der Waals surface area (Å²) in [7, 11) is 0. The zero-order valence-corrected chi connectivity index (χ0v) is 12.9. The minimum Gasteiger partial charge on any atom is -0.478 e. The maximum absolute atomic E-state index is 11.0. The van der Waals surface area contributed by atoms with Gasteiger partial charge in [-0.25, -0.2) is 4.79 Å². The van der Waals surface area contributed by atoms with Crippen molar-refractivity contribution in [3.63, 3.8) is 0 Å². The van der Waals surface area contributed by atoms with Gasteiger partial charge in [-0.3, -0.25) is 9.80 Å². The molecule has 0 saturated carbocycles. The summed E-state index contributed by atoms with van der Waals surface area (Å²) in [5, 5.41) is 18.9. The fourth-order valence-corrected chi connectivity index (χ4v) is 2.71. The van der Waals surface area contributed by atoms with Crippen LogP contribution < -0.4 is 0 Å². The van der Waals surface area contributed by atoms with E-state index in [2.05, 4.69) is 9.80 Å². The Morgan fingerprint density at radius 2 is 1.86 bits per heavy atom. The number of carboxylic acids is 1. The van der Waals surface area contributed by atoms with Gasteiger partial charge in [-0.15, -0.1) is 0 Å². The molecule has 0 amide bonds. The first kappa shape index (κ1) is 16.0. The number of aryl methyl sites for hydroxylation is 1. The van der Waals surface area contributed by atoms with Gasteiger partial charge in [0, 0.05) is 32.7 Å². The summed E-state index contributed by atoms with van der Waals surface area (Å²) in [4.78, 5) is 15.5. The third-order valence-electron chi connectivity index (χ3n) is 3.65. The Bertz CT molecular complexity index is 496. The predicted molar refractivity (Wildman–Crippen MR) is 78.4 cm³/mol. The molecule has 0 aromatic carbocycles. The van der Waals surface area contributed by atoms with Crippen LogP contribution in [0.3, 0.4) is 0 Å². The number of nitrogens with zero attached hydrogens (tertiary/aromatic N) is 2. The van der Waals surface area contributed by atoms with Crippen molar-refractivity contribution in [2.45, 2.75) is 32.9 Å². The minimum atomic E-state index is -0.947. The maximum Gasteiger partial charge on any atom is 0.339 e. The molecule has 1 aliphatic rings. The molecule has 0 bridgehead atoms. The average Bonchev–Trinajstić information content (AvgIpc) is 2.71. The molecule has 6 nitrogen and oxygen atoms in total. The smallest absolute Gasteiger partial charge is 0.339 e. The van der Waals surface area contributed by atoms with Crippen LogP contribution in [0.25, 0.3) is 0 Å². The Kier molecular flexibility index (Phi) is 4.70. The molecule has 0 spiro atoms. The number of aromatic carboxylic acids is 1. The van der Waals surface area contributed by atoms with Crippen molar-refractivity contribution < 1.29 is 19.4 Å². The van der Waals surface area contributed by atoms with E-state index in [0.29, 0.717) is 24.6 Å². The SMILES string of the molecule is Cc1oc(CN2CCN(CC(C)(C)O)CC2)cc1C(=O)O. The molecule has 1 aromatic rings. The van der Waals surface area contributed by atoms with Crippen LogP contribution in [0.2, 0.25) is 0 Å². The number of aliphatic hydroxyl groups is 1. The third-order valence-corrected chi connectivity index (χ3v) is 3.65. The molecule has 6 heteroatoms. The van der Waals surface area contributed by atoms with Crippen LogP contribution in [0, 0.1) is 6.92 Å². The van der Waals surface area contributed by atoms with E-state index in [0.717, 1.165) is 26.2 Å².